The van der Waals surface area contributed by atoms with Gasteiger partial charge in [-0.2, -0.15) is 5.10 Å². The minimum Gasteiger partial charge on any atom is -0.493 e. The zero-order valence-electron chi connectivity index (χ0n) is 18.6. The summed E-state index contributed by atoms with van der Waals surface area (Å²) in [6.07, 6.45) is -0.533. The zero-order chi connectivity index (χ0) is 24.5. The van der Waals surface area contributed by atoms with Gasteiger partial charge in [-0.1, -0.05) is 30.3 Å². The molecule has 3 aromatic rings. The Kier molecular flexibility index (Phi) is 7.96. The number of Topliss-reactive ketones (excluding diaryl/α,β-unsaturated/α-hetero) is 1. The minimum atomic E-state index is -1.43. The van der Waals surface area contributed by atoms with Crippen molar-refractivity contribution in [1.29, 1.82) is 0 Å². The van der Waals surface area contributed by atoms with Crippen LogP contribution in [0.1, 0.15) is 27.1 Å². The quantitative estimate of drug-likeness (QED) is 0.237. The molecule has 9 heteroatoms. The highest BCUT2D eigenvalue weighted by atomic mass is 16.5. The molecule has 0 saturated heterocycles. The third-order valence-corrected chi connectivity index (χ3v) is 4.80. The molecular weight excluding hydrogens is 438 g/mol. The van der Waals surface area contributed by atoms with Gasteiger partial charge in [-0.3, -0.25) is 9.59 Å². The Labute approximate surface area is 196 Å². The molecule has 174 valence electrons. The number of carbonyl (C=O) groups excluding carboxylic acids is 2. The van der Waals surface area contributed by atoms with Crippen LogP contribution in [0.2, 0.25) is 0 Å². The van der Waals surface area contributed by atoms with Crippen LogP contribution in [0, 0.1) is 0 Å². The lowest BCUT2D eigenvalue weighted by atomic mass is 10.0. The summed E-state index contributed by atoms with van der Waals surface area (Å²) in [5.74, 6) is -1.80. The molecule has 0 heterocycles. The first kappa shape index (κ1) is 24.0. The second kappa shape index (κ2) is 11.3. The van der Waals surface area contributed by atoms with E-state index in [9.17, 15) is 19.5 Å². The number of hydrogen-bond acceptors (Lipinski definition) is 7. The van der Waals surface area contributed by atoms with Crippen LogP contribution in [0.5, 0.6) is 11.5 Å². The molecule has 0 aliphatic heterocycles. The van der Waals surface area contributed by atoms with Crippen molar-refractivity contribution in [3.05, 3.63) is 83.9 Å². The van der Waals surface area contributed by atoms with Gasteiger partial charge in [0, 0.05) is 11.3 Å². The van der Waals surface area contributed by atoms with E-state index >= 15 is 0 Å². The summed E-state index contributed by atoms with van der Waals surface area (Å²) in [5, 5.41) is 16.3. The zero-order valence-corrected chi connectivity index (χ0v) is 18.6. The monoisotopic (exact) mass is 461 g/mol. The molecule has 0 spiro atoms. The number of hydrogen-bond donors (Lipinski definition) is 3. The molecule has 0 radical (unpaired) electrons. The van der Waals surface area contributed by atoms with Gasteiger partial charge in [-0.25, -0.2) is 10.2 Å². The minimum absolute atomic E-state index is 0.218. The maximum absolute atomic E-state index is 12.7. The fourth-order valence-corrected chi connectivity index (χ4v) is 3.07. The van der Waals surface area contributed by atoms with Crippen molar-refractivity contribution in [2.24, 2.45) is 5.10 Å². The number of anilines is 2. The lowest BCUT2D eigenvalue weighted by molar-refractivity contribution is -0.129. The van der Waals surface area contributed by atoms with Crippen LogP contribution in [0.4, 0.5) is 11.4 Å². The number of amides is 1. The number of hydrazone groups is 1. The van der Waals surface area contributed by atoms with Crippen molar-refractivity contribution >= 4 is 34.7 Å². The molecule has 34 heavy (non-hydrogen) atoms. The SMILES string of the molecule is COc1ccc(C(=O)CC(=NNC(=O)c2ccccc2Nc2ccccc2)C(=O)O)cc1OC. The Bertz CT molecular complexity index is 1220. The highest BCUT2D eigenvalue weighted by molar-refractivity contribution is 6.40. The van der Waals surface area contributed by atoms with Crippen LogP contribution >= 0.6 is 0 Å². The Morgan fingerprint density at radius 1 is 0.882 bits per heavy atom. The Hall–Kier alpha value is -4.66. The lowest BCUT2D eigenvalue weighted by Crippen LogP contribution is -2.25. The van der Waals surface area contributed by atoms with Gasteiger partial charge in [-0.15, -0.1) is 0 Å². The van der Waals surface area contributed by atoms with E-state index in [1.807, 2.05) is 30.3 Å². The number of nitrogens with zero attached hydrogens (tertiary/aromatic N) is 1. The van der Waals surface area contributed by atoms with Gasteiger partial charge in [0.15, 0.2) is 23.0 Å². The summed E-state index contributed by atoms with van der Waals surface area (Å²) >= 11 is 0. The van der Waals surface area contributed by atoms with Crippen LogP contribution in [-0.2, 0) is 4.79 Å². The number of benzene rings is 3. The summed E-state index contributed by atoms with van der Waals surface area (Å²) in [6, 6.07) is 20.5. The molecule has 3 aromatic carbocycles. The fourth-order valence-electron chi connectivity index (χ4n) is 3.07. The van der Waals surface area contributed by atoms with Crippen LogP contribution < -0.4 is 20.2 Å². The maximum atomic E-state index is 12.7. The number of ketones is 1. The molecule has 0 fully saturated rings. The second-order valence-electron chi connectivity index (χ2n) is 7.01. The molecule has 1 amide bonds. The topological polar surface area (TPSA) is 126 Å². The molecule has 0 aliphatic carbocycles. The third-order valence-electron chi connectivity index (χ3n) is 4.80. The summed E-state index contributed by atoms with van der Waals surface area (Å²) in [5.41, 5.74) is 3.49. The van der Waals surface area contributed by atoms with Crippen LogP contribution in [0.15, 0.2) is 77.9 Å². The van der Waals surface area contributed by atoms with E-state index in [0.29, 0.717) is 17.2 Å². The van der Waals surface area contributed by atoms with E-state index < -0.39 is 29.8 Å². The molecule has 9 nitrogen and oxygen atoms in total. The standard InChI is InChI=1S/C25H23N3O6/c1-33-22-13-12-16(14-23(22)34-2)21(29)15-20(25(31)32)27-28-24(30)18-10-6-7-11-19(18)26-17-8-4-3-5-9-17/h3-14,26H,15H2,1-2H3,(H,28,30)(H,31,32). The Morgan fingerprint density at radius 2 is 1.56 bits per heavy atom. The van der Waals surface area contributed by atoms with Gasteiger partial charge in [0.05, 0.1) is 31.9 Å². The predicted octanol–water partition coefficient (Wildman–Crippen LogP) is 3.89. The summed E-state index contributed by atoms with van der Waals surface area (Å²) < 4.78 is 10.3. The maximum Gasteiger partial charge on any atom is 0.352 e. The Balaban J connectivity index is 1.76. The van der Waals surface area contributed by atoms with Gasteiger partial charge in [0.1, 0.15) is 0 Å². The van der Waals surface area contributed by atoms with Crippen LogP contribution in [-0.4, -0.2) is 42.7 Å². The number of nitrogens with one attached hydrogen (secondary N) is 2. The number of carboxylic acids is 1. The van der Waals surface area contributed by atoms with Crippen molar-refractivity contribution in [2.45, 2.75) is 6.42 Å². The molecular formula is C25H23N3O6. The Morgan fingerprint density at radius 3 is 2.24 bits per heavy atom. The number of rotatable bonds is 10. The van der Waals surface area contributed by atoms with Gasteiger partial charge in [0.25, 0.3) is 5.91 Å². The van der Waals surface area contributed by atoms with E-state index in [1.54, 1.807) is 30.3 Å². The van der Waals surface area contributed by atoms with E-state index in [0.717, 1.165) is 5.69 Å². The van der Waals surface area contributed by atoms with Crippen LogP contribution in [0.25, 0.3) is 0 Å². The lowest BCUT2D eigenvalue weighted by Gasteiger charge is -2.11. The molecule has 0 unspecified atom stereocenters. The summed E-state index contributed by atoms with van der Waals surface area (Å²) in [6.45, 7) is 0. The molecule has 0 atom stereocenters. The van der Waals surface area contributed by atoms with E-state index in [2.05, 4.69) is 15.8 Å². The molecule has 3 N–H and O–H groups in total. The molecule has 0 bridgehead atoms. The highest BCUT2D eigenvalue weighted by Crippen LogP contribution is 2.28. The van der Waals surface area contributed by atoms with Gasteiger partial charge >= 0.3 is 5.97 Å². The van der Waals surface area contributed by atoms with Crippen molar-refractivity contribution in [1.82, 2.24) is 5.43 Å². The highest BCUT2D eigenvalue weighted by Gasteiger charge is 2.19. The number of carbonyl (C=O) groups is 3. The number of carboxylic acid groups (broad SMARTS) is 1. The summed E-state index contributed by atoms with van der Waals surface area (Å²) in [4.78, 5) is 37.0. The average molecular weight is 461 g/mol. The van der Waals surface area contributed by atoms with Crippen molar-refractivity contribution in [3.8, 4) is 11.5 Å². The third kappa shape index (κ3) is 5.98. The van der Waals surface area contributed by atoms with Gasteiger partial charge in [0.2, 0.25) is 0 Å². The first-order valence-electron chi connectivity index (χ1n) is 10.2. The van der Waals surface area contributed by atoms with Gasteiger partial charge in [-0.05, 0) is 42.5 Å². The van der Waals surface area contributed by atoms with Crippen LogP contribution in [0.3, 0.4) is 0 Å². The smallest absolute Gasteiger partial charge is 0.352 e. The van der Waals surface area contributed by atoms with E-state index in [1.165, 1.54) is 26.4 Å². The molecule has 0 aliphatic rings. The molecule has 0 saturated carbocycles. The second-order valence-corrected chi connectivity index (χ2v) is 7.01. The first-order valence-corrected chi connectivity index (χ1v) is 10.2. The first-order chi connectivity index (χ1) is 16.4. The average Bonchev–Trinajstić information content (AvgIpc) is 2.86. The van der Waals surface area contributed by atoms with Crippen molar-refractivity contribution < 1.29 is 29.0 Å². The number of ether oxygens (including phenoxy) is 2. The van der Waals surface area contributed by atoms with E-state index in [-0.39, 0.29) is 11.1 Å². The number of aliphatic carboxylic acids is 1. The van der Waals surface area contributed by atoms with E-state index in [4.69, 9.17) is 9.47 Å². The van der Waals surface area contributed by atoms with Crippen molar-refractivity contribution in [3.63, 3.8) is 0 Å². The molecule has 3 rings (SSSR count). The predicted molar refractivity (Wildman–Crippen MR) is 127 cm³/mol. The number of para-hydroxylation sites is 2. The fraction of sp³-hybridized carbons (Fsp3) is 0.120. The normalized spacial score (nSPS) is 10.8. The largest absolute Gasteiger partial charge is 0.493 e. The van der Waals surface area contributed by atoms with Gasteiger partial charge < -0.3 is 19.9 Å². The molecule has 0 aromatic heterocycles. The summed E-state index contributed by atoms with van der Waals surface area (Å²) in [7, 11) is 2.89. The number of methoxy groups -OCH3 is 2. The van der Waals surface area contributed by atoms with Crippen molar-refractivity contribution in [2.75, 3.05) is 19.5 Å².